The number of carbonyl (C=O) groups excluding carboxylic acids is 3. The number of phenols is 2. The van der Waals surface area contributed by atoms with Crippen LogP contribution in [0.3, 0.4) is 0 Å². The molecule has 0 aromatic heterocycles. The fourth-order valence-electron chi connectivity index (χ4n) is 5.66. The first-order chi connectivity index (χ1) is 17.9. The van der Waals surface area contributed by atoms with Gasteiger partial charge in [0.15, 0.2) is 17.9 Å². The lowest BCUT2D eigenvalue weighted by Crippen LogP contribution is -2.52. The molecule has 38 heavy (non-hydrogen) atoms. The predicted octanol–water partition coefficient (Wildman–Crippen LogP) is 1.03. The zero-order valence-electron chi connectivity index (χ0n) is 21.1. The molecule has 5 unspecified atom stereocenters. The molecule has 1 aliphatic heterocycles. The van der Waals surface area contributed by atoms with Crippen LogP contribution in [0, 0.1) is 0 Å². The van der Waals surface area contributed by atoms with E-state index in [9.17, 15) is 34.8 Å². The number of phenolic OH excluding ortho intramolecular Hbond substituents is 2. The molecule has 1 fully saturated rings. The van der Waals surface area contributed by atoms with Gasteiger partial charge in [-0.3, -0.25) is 14.4 Å². The van der Waals surface area contributed by atoms with Crippen LogP contribution in [-0.2, 0) is 20.7 Å². The van der Waals surface area contributed by atoms with E-state index in [1.54, 1.807) is 6.92 Å². The van der Waals surface area contributed by atoms with Gasteiger partial charge in [-0.1, -0.05) is 12.1 Å². The van der Waals surface area contributed by atoms with E-state index >= 15 is 0 Å². The van der Waals surface area contributed by atoms with Crippen LogP contribution in [0.4, 0.5) is 0 Å². The zero-order chi connectivity index (χ0) is 27.7. The highest BCUT2D eigenvalue weighted by Gasteiger charge is 2.49. The van der Waals surface area contributed by atoms with E-state index in [1.165, 1.54) is 32.2 Å². The highest BCUT2D eigenvalue weighted by Crippen LogP contribution is 2.52. The van der Waals surface area contributed by atoms with Crippen molar-refractivity contribution in [2.75, 3.05) is 7.11 Å². The van der Waals surface area contributed by atoms with Gasteiger partial charge in [-0.25, -0.2) is 0 Å². The predicted molar refractivity (Wildman–Crippen MR) is 130 cm³/mol. The van der Waals surface area contributed by atoms with Crippen molar-refractivity contribution in [2.24, 2.45) is 5.73 Å². The SMILES string of the molecule is COc1cccc2c1C(=O)c1c(O)c3c(c(O)c1C2=O)C[C@@](O)(C(C)=O)CC3OC1CC(N)C(O)C(C)O1. The number of aliphatic hydroxyl groups is 2. The highest BCUT2D eigenvalue weighted by molar-refractivity contribution is 6.31. The minimum atomic E-state index is -2.00. The lowest BCUT2D eigenvalue weighted by molar-refractivity contribution is -0.247. The van der Waals surface area contributed by atoms with Crippen LogP contribution >= 0.6 is 0 Å². The molecule has 2 aromatic rings. The molecule has 3 aliphatic rings. The Kier molecular flexibility index (Phi) is 6.32. The topological polar surface area (TPSA) is 186 Å². The van der Waals surface area contributed by atoms with Crippen molar-refractivity contribution in [3.05, 3.63) is 51.6 Å². The summed E-state index contributed by atoms with van der Waals surface area (Å²) in [7, 11) is 1.34. The Morgan fingerprint density at radius 2 is 1.82 bits per heavy atom. The largest absolute Gasteiger partial charge is 0.507 e. The number of aliphatic hydroxyl groups excluding tert-OH is 1. The smallest absolute Gasteiger partial charge is 0.202 e. The van der Waals surface area contributed by atoms with Gasteiger partial charge in [0.25, 0.3) is 0 Å². The van der Waals surface area contributed by atoms with Crippen molar-refractivity contribution < 1.29 is 49.0 Å². The molecular formula is C27H29NO10. The molecule has 11 heteroatoms. The number of fused-ring (bicyclic) bond motifs is 3. The monoisotopic (exact) mass is 527 g/mol. The van der Waals surface area contributed by atoms with Gasteiger partial charge in [0.2, 0.25) is 5.78 Å². The molecule has 11 nitrogen and oxygen atoms in total. The molecule has 0 amide bonds. The number of nitrogens with two attached hydrogens (primary N) is 1. The van der Waals surface area contributed by atoms with E-state index in [2.05, 4.69) is 0 Å². The Morgan fingerprint density at radius 1 is 1.13 bits per heavy atom. The first-order valence-corrected chi connectivity index (χ1v) is 12.2. The summed E-state index contributed by atoms with van der Waals surface area (Å²) in [6, 6.07) is 3.75. The summed E-state index contributed by atoms with van der Waals surface area (Å²) in [5.41, 5.74) is 2.97. The van der Waals surface area contributed by atoms with Gasteiger partial charge in [-0.2, -0.15) is 0 Å². The van der Waals surface area contributed by atoms with Gasteiger partial charge in [0.1, 0.15) is 22.8 Å². The maximum atomic E-state index is 13.6. The number of rotatable bonds is 4. The maximum Gasteiger partial charge on any atom is 0.202 e. The van der Waals surface area contributed by atoms with Gasteiger partial charge >= 0.3 is 0 Å². The number of hydrogen-bond donors (Lipinski definition) is 5. The number of ether oxygens (including phenoxy) is 3. The molecule has 202 valence electrons. The number of benzene rings is 2. The molecule has 0 spiro atoms. The van der Waals surface area contributed by atoms with Gasteiger partial charge in [0.05, 0.1) is 42.1 Å². The van der Waals surface area contributed by atoms with Gasteiger partial charge in [0, 0.05) is 42.0 Å². The van der Waals surface area contributed by atoms with Crippen molar-refractivity contribution in [3.63, 3.8) is 0 Å². The van der Waals surface area contributed by atoms with E-state index < -0.39 is 82.6 Å². The summed E-state index contributed by atoms with van der Waals surface area (Å²) in [5.74, 6) is -3.18. The van der Waals surface area contributed by atoms with E-state index in [1.807, 2.05) is 0 Å². The molecule has 0 saturated carbocycles. The molecule has 0 bridgehead atoms. The van der Waals surface area contributed by atoms with Crippen LogP contribution in [0.15, 0.2) is 18.2 Å². The second-order valence-electron chi connectivity index (χ2n) is 10.1. The minimum absolute atomic E-state index is 0.0147. The quantitative estimate of drug-likeness (QED) is 0.305. The first kappa shape index (κ1) is 26.3. The third kappa shape index (κ3) is 3.81. The van der Waals surface area contributed by atoms with Gasteiger partial charge in [-0.15, -0.1) is 0 Å². The van der Waals surface area contributed by atoms with Crippen molar-refractivity contribution in [1.29, 1.82) is 0 Å². The van der Waals surface area contributed by atoms with Crippen LogP contribution in [0.1, 0.15) is 75.8 Å². The highest BCUT2D eigenvalue weighted by atomic mass is 16.7. The van der Waals surface area contributed by atoms with Crippen LogP contribution in [-0.4, -0.2) is 75.0 Å². The lowest BCUT2D eigenvalue weighted by Gasteiger charge is -2.42. The van der Waals surface area contributed by atoms with Crippen LogP contribution in [0.25, 0.3) is 0 Å². The molecule has 5 rings (SSSR count). The number of aromatic hydroxyl groups is 2. The molecule has 6 N–H and O–H groups in total. The van der Waals surface area contributed by atoms with Gasteiger partial charge in [-0.05, 0) is 19.9 Å². The Labute approximate surface area is 217 Å². The summed E-state index contributed by atoms with van der Waals surface area (Å²) in [6.07, 6.45) is -4.53. The summed E-state index contributed by atoms with van der Waals surface area (Å²) >= 11 is 0. The van der Waals surface area contributed by atoms with E-state index in [-0.39, 0.29) is 40.8 Å². The molecule has 0 radical (unpaired) electrons. The number of methoxy groups -OCH3 is 1. The Hall–Kier alpha value is -3.35. The third-order valence-electron chi connectivity index (χ3n) is 7.80. The average molecular weight is 528 g/mol. The summed E-state index contributed by atoms with van der Waals surface area (Å²) in [5, 5.41) is 44.1. The average Bonchev–Trinajstić information content (AvgIpc) is 2.87. The molecule has 6 atom stereocenters. The van der Waals surface area contributed by atoms with Gasteiger partial charge < -0.3 is 40.4 Å². The Bertz CT molecular complexity index is 1360. The van der Waals surface area contributed by atoms with Crippen LogP contribution in [0.2, 0.25) is 0 Å². The second kappa shape index (κ2) is 9.14. The maximum absolute atomic E-state index is 13.6. The van der Waals surface area contributed by atoms with E-state index in [4.69, 9.17) is 19.9 Å². The lowest BCUT2D eigenvalue weighted by atomic mass is 9.72. The van der Waals surface area contributed by atoms with Crippen molar-refractivity contribution in [2.45, 2.75) is 69.4 Å². The fraction of sp³-hybridized carbons (Fsp3) is 0.444. The zero-order valence-corrected chi connectivity index (χ0v) is 21.1. The van der Waals surface area contributed by atoms with Crippen molar-refractivity contribution in [3.8, 4) is 17.2 Å². The van der Waals surface area contributed by atoms with Crippen LogP contribution < -0.4 is 10.5 Å². The standard InChI is InChI=1S/C27H29NO10/c1-10-22(30)14(28)7-17(37-10)38-16-9-27(35,11(2)29)8-13-19(16)26(34)21-20(24(13)32)23(31)12-5-4-6-15(36-3)18(12)25(21)33/h4-6,10,14,16-17,22,30,32,34-35H,7-9,28H2,1-3H3/t10?,14?,16?,17?,22?,27-/m0/s1. The molecule has 2 aromatic carbocycles. The summed E-state index contributed by atoms with van der Waals surface area (Å²) in [6.45, 7) is 2.79. The fourth-order valence-corrected chi connectivity index (χ4v) is 5.66. The Balaban J connectivity index is 1.68. The number of carbonyl (C=O) groups is 3. The number of ketones is 3. The second-order valence-corrected chi connectivity index (χ2v) is 10.1. The molecular weight excluding hydrogens is 498 g/mol. The van der Waals surface area contributed by atoms with E-state index in [0.717, 1.165) is 0 Å². The van der Waals surface area contributed by atoms with E-state index in [0.29, 0.717) is 0 Å². The first-order valence-electron chi connectivity index (χ1n) is 12.2. The number of Topliss-reactive ketones (excluding diaryl/α,β-unsaturated/α-hetero) is 1. The molecule has 2 aliphatic carbocycles. The number of hydrogen-bond acceptors (Lipinski definition) is 11. The van der Waals surface area contributed by atoms with Crippen molar-refractivity contribution >= 4 is 17.3 Å². The molecule has 1 heterocycles. The summed E-state index contributed by atoms with van der Waals surface area (Å²) < 4.78 is 17.1. The molecule has 1 saturated heterocycles. The van der Waals surface area contributed by atoms with Crippen LogP contribution in [0.5, 0.6) is 17.2 Å². The third-order valence-corrected chi connectivity index (χ3v) is 7.80. The minimum Gasteiger partial charge on any atom is -0.507 e. The summed E-state index contributed by atoms with van der Waals surface area (Å²) in [4.78, 5) is 39.6. The van der Waals surface area contributed by atoms with Crippen molar-refractivity contribution in [1.82, 2.24) is 0 Å². The normalized spacial score (nSPS) is 30.3. The Morgan fingerprint density at radius 3 is 2.45 bits per heavy atom.